The Hall–Kier alpha value is -2.86. The standard InChI is InChI=1S/C21H24N2O4/c1-15-7-3-6-10-19(15)27-16(2)20(24)22-18-9-5-4-8-17(18)21(25)23-11-13-26-14-12-23/h3-10,16H,11-14H2,1-2H3,(H,22,24)/t16-/m1/s1. The lowest BCUT2D eigenvalue weighted by Gasteiger charge is -2.27. The summed E-state index contributed by atoms with van der Waals surface area (Å²) in [5.41, 5.74) is 1.91. The van der Waals surface area contributed by atoms with Crippen molar-refractivity contribution in [2.75, 3.05) is 31.6 Å². The van der Waals surface area contributed by atoms with Gasteiger partial charge in [-0.1, -0.05) is 30.3 Å². The van der Waals surface area contributed by atoms with Gasteiger partial charge < -0.3 is 19.7 Å². The summed E-state index contributed by atoms with van der Waals surface area (Å²) in [6, 6.07) is 14.6. The second-order valence-corrected chi connectivity index (χ2v) is 6.46. The molecule has 0 bridgehead atoms. The first-order valence-corrected chi connectivity index (χ1v) is 9.05. The van der Waals surface area contributed by atoms with Gasteiger partial charge in [0, 0.05) is 13.1 Å². The molecule has 142 valence electrons. The van der Waals surface area contributed by atoms with E-state index in [2.05, 4.69) is 5.32 Å². The zero-order valence-electron chi connectivity index (χ0n) is 15.6. The fourth-order valence-electron chi connectivity index (χ4n) is 2.88. The molecule has 0 spiro atoms. The summed E-state index contributed by atoms with van der Waals surface area (Å²) in [4.78, 5) is 27.1. The van der Waals surface area contributed by atoms with E-state index in [1.54, 1.807) is 36.1 Å². The van der Waals surface area contributed by atoms with Gasteiger partial charge in [-0.15, -0.1) is 0 Å². The number of carbonyl (C=O) groups excluding carboxylic acids is 2. The maximum atomic E-state index is 12.8. The monoisotopic (exact) mass is 368 g/mol. The van der Waals surface area contributed by atoms with E-state index in [9.17, 15) is 9.59 Å². The lowest BCUT2D eigenvalue weighted by molar-refractivity contribution is -0.122. The van der Waals surface area contributed by atoms with Crippen molar-refractivity contribution in [3.05, 3.63) is 59.7 Å². The highest BCUT2D eigenvalue weighted by Crippen LogP contribution is 2.21. The third-order valence-corrected chi connectivity index (χ3v) is 4.48. The smallest absolute Gasteiger partial charge is 0.265 e. The summed E-state index contributed by atoms with van der Waals surface area (Å²) < 4.78 is 11.1. The third-order valence-electron chi connectivity index (χ3n) is 4.48. The van der Waals surface area contributed by atoms with Crippen LogP contribution in [0, 0.1) is 6.92 Å². The molecule has 0 aromatic heterocycles. The molecule has 1 aliphatic rings. The van der Waals surface area contributed by atoms with Crippen LogP contribution < -0.4 is 10.1 Å². The van der Waals surface area contributed by atoms with Crippen molar-refractivity contribution >= 4 is 17.5 Å². The van der Waals surface area contributed by atoms with Gasteiger partial charge in [0.25, 0.3) is 11.8 Å². The normalized spacial score (nSPS) is 15.1. The number of ether oxygens (including phenoxy) is 2. The van der Waals surface area contributed by atoms with E-state index in [-0.39, 0.29) is 11.8 Å². The molecule has 2 aromatic carbocycles. The van der Waals surface area contributed by atoms with Crippen molar-refractivity contribution in [1.29, 1.82) is 0 Å². The molecule has 1 saturated heterocycles. The predicted molar refractivity (Wildman–Crippen MR) is 103 cm³/mol. The minimum atomic E-state index is -0.697. The van der Waals surface area contributed by atoms with E-state index < -0.39 is 6.10 Å². The van der Waals surface area contributed by atoms with Crippen LogP contribution >= 0.6 is 0 Å². The summed E-state index contributed by atoms with van der Waals surface area (Å²) in [6.07, 6.45) is -0.697. The number of nitrogens with one attached hydrogen (secondary N) is 1. The molecule has 6 nitrogen and oxygen atoms in total. The Labute approximate surface area is 159 Å². The van der Waals surface area contributed by atoms with Crippen LogP contribution in [0.25, 0.3) is 0 Å². The number of para-hydroxylation sites is 2. The highest BCUT2D eigenvalue weighted by molar-refractivity contribution is 6.04. The molecule has 27 heavy (non-hydrogen) atoms. The van der Waals surface area contributed by atoms with Gasteiger partial charge in [-0.2, -0.15) is 0 Å². The van der Waals surface area contributed by atoms with Crippen LogP contribution in [0.4, 0.5) is 5.69 Å². The van der Waals surface area contributed by atoms with Crippen LogP contribution in [0.2, 0.25) is 0 Å². The zero-order chi connectivity index (χ0) is 19.2. The molecule has 1 heterocycles. The number of carbonyl (C=O) groups is 2. The van der Waals surface area contributed by atoms with Gasteiger partial charge in [-0.3, -0.25) is 9.59 Å². The maximum absolute atomic E-state index is 12.8. The number of amides is 2. The van der Waals surface area contributed by atoms with Crippen molar-refractivity contribution in [2.45, 2.75) is 20.0 Å². The number of anilines is 1. The number of hydrogen-bond donors (Lipinski definition) is 1. The Kier molecular flexibility index (Phi) is 6.08. The summed E-state index contributed by atoms with van der Waals surface area (Å²) >= 11 is 0. The first-order chi connectivity index (χ1) is 13.1. The van der Waals surface area contributed by atoms with Crippen molar-refractivity contribution in [3.8, 4) is 5.75 Å². The molecule has 0 radical (unpaired) electrons. The van der Waals surface area contributed by atoms with E-state index in [1.165, 1.54) is 0 Å². The topological polar surface area (TPSA) is 67.9 Å². The molecule has 1 N–H and O–H groups in total. The zero-order valence-corrected chi connectivity index (χ0v) is 15.6. The molecular formula is C21H24N2O4. The molecule has 1 fully saturated rings. The Balaban J connectivity index is 1.70. The van der Waals surface area contributed by atoms with Crippen LogP contribution in [0.3, 0.4) is 0 Å². The van der Waals surface area contributed by atoms with E-state index in [0.717, 1.165) is 5.56 Å². The quantitative estimate of drug-likeness (QED) is 0.881. The van der Waals surface area contributed by atoms with Crippen LogP contribution in [-0.4, -0.2) is 49.1 Å². The fraction of sp³-hybridized carbons (Fsp3) is 0.333. The molecule has 6 heteroatoms. The third kappa shape index (κ3) is 4.65. The van der Waals surface area contributed by atoms with Gasteiger partial charge in [-0.05, 0) is 37.6 Å². The Morgan fingerprint density at radius 2 is 1.74 bits per heavy atom. The molecule has 3 rings (SSSR count). The fourth-order valence-corrected chi connectivity index (χ4v) is 2.88. The Morgan fingerprint density at radius 1 is 1.07 bits per heavy atom. The van der Waals surface area contributed by atoms with Gasteiger partial charge in [0.1, 0.15) is 5.75 Å². The highest BCUT2D eigenvalue weighted by atomic mass is 16.5. The average Bonchev–Trinajstić information content (AvgIpc) is 2.70. The number of nitrogens with zero attached hydrogens (tertiary/aromatic N) is 1. The predicted octanol–water partition coefficient (Wildman–Crippen LogP) is 2.87. The lowest BCUT2D eigenvalue weighted by Crippen LogP contribution is -2.41. The average molecular weight is 368 g/mol. The minimum absolute atomic E-state index is 0.110. The summed E-state index contributed by atoms with van der Waals surface area (Å²) in [7, 11) is 0. The number of rotatable bonds is 5. The number of hydrogen-bond acceptors (Lipinski definition) is 4. The van der Waals surface area contributed by atoms with E-state index >= 15 is 0 Å². The van der Waals surface area contributed by atoms with Gasteiger partial charge in [-0.25, -0.2) is 0 Å². The van der Waals surface area contributed by atoms with Crippen molar-refractivity contribution in [3.63, 3.8) is 0 Å². The molecule has 0 saturated carbocycles. The molecule has 1 atom stereocenters. The lowest BCUT2D eigenvalue weighted by atomic mass is 10.1. The van der Waals surface area contributed by atoms with Crippen LogP contribution in [-0.2, 0) is 9.53 Å². The molecule has 1 aliphatic heterocycles. The van der Waals surface area contributed by atoms with E-state index in [4.69, 9.17) is 9.47 Å². The van der Waals surface area contributed by atoms with Gasteiger partial charge in [0.15, 0.2) is 6.10 Å². The highest BCUT2D eigenvalue weighted by Gasteiger charge is 2.23. The van der Waals surface area contributed by atoms with Crippen molar-refractivity contribution in [1.82, 2.24) is 4.90 Å². The first-order valence-electron chi connectivity index (χ1n) is 9.05. The maximum Gasteiger partial charge on any atom is 0.265 e. The molecular weight excluding hydrogens is 344 g/mol. The molecule has 2 aromatic rings. The summed E-state index contributed by atoms with van der Waals surface area (Å²) in [5, 5.41) is 2.83. The van der Waals surface area contributed by atoms with Gasteiger partial charge >= 0.3 is 0 Å². The Bertz CT molecular complexity index is 815. The minimum Gasteiger partial charge on any atom is -0.481 e. The van der Waals surface area contributed by atoms with E-state index in [0.29, 0.717) is 43.3 Å². The van der Waals surface area contributed by atoms with Gasteiger partial charge in [0.2, 0.25) is 0 Å². The molecule has 0 unspecified atom stereocenters. The Morgan fingerprint density at radius 3 is 2.48 bits per heavy atom. The largest absolute Gasteiger partial charge is 0.481 e. The first kappa shape index (κ1) is 18.9. The van der Waals surface area contributed by atoms with Crippen molar-refractivity contribution in [2.24, 2.45) is 0 Å². The molecule has 2 amide bonds. The van der Waals surface area contributed by atoms with Crippen LogP contribution in [0.1, 0.15) is 22.8 Å². The van der Waals surface area contributed by atoms with E-state index in [1.807, 2.05) is 31.2 Å². The second-order valence-electron chi connectivity index (χ2n) is 6.46. The number of aryl methyl sites for hydroxylation is 1. The second kappa shape index (κ2) is 8.68. The number of benzene rings is 2. The SMILES string of the molecule is Cc1ccccc1O[C@H](C)C(=O)Nc1ccccc1C(=O)N1CCOCC1. The van der Waals surface area contributed by atoms with Crippen LogP contribution in [0.15, 0.2) is 48.5 Å². The number of morpholine rings is 1. The summed E-state index contributed by atoms with van der Waals surface area (Å²) in [5.74, 6) is 0.250. The summed E-state index contributed by atoms with van der Waals surface area (Å²) in [6.45, 7) is 5.77. The van der Waals surface area contributed by atoms with Crippen molar-refractivity contribution < 1.29 is 19.1 Å². The van der Waals surface area contributed by atoms with Crippen LogP contribution in [0.5, 0.6) is 5.75 Å². The molecule has 0 aliphatic carbocycles. The van der Waals surface area contributed by atoms with Gasteiger partial charge in [0.05, 0.1) is 24.5 Å².